The number of aromatic nitrogens is 1. The molecule has 0 radical (unpaired) electrons. The van der Waals surface area contributed by atoms with Crippen LogP contribution in [0.15, 0.2) is 5.38 Å². The molecule has 0 aliphatic carbocycles. The van der Waals surface area contributed by atoms with Crippen molar-refractivity contribution in [3.8, 4) is 0 Å². The maximum Gasteiger partial charge on any atom is 0.231 e. The maximum absolute atomic E-state index is 11.8. The van der Waals surface area contributed by atoms with Gasteiger partial charge in [0.15, 0.2) is 5.13 Å². The molecular weight excluding hydrogens is 248 g/mol. The molecule has 1 amide bonds. The van der Waals surface area contributed by atoms with Crippen LogP contribution in [-0.2, 0) is 15.4 Å². The first kappa shape index (κ1) is 11.8. The lowest BCUT2D eigenvalue weighted by Crippen LogP contribution is -2.22. The van der Waals surface area contributed by atoms with Gasteiger partial charge in [-0.3, -0.25) is 4.79 Å². The van der Waals surface area contributed by atoms with Crippen molar-refractivity contribution >= 4 is 34.0 Å². The van der Waals surface area contributed by atoms with E-state index in [1.54, 1.807) is 0 Å². The smallest absolute Gasteiger partial charge is 0.231 e. The first-order valence-electron chi connectivity index (χ1n) is 5.12. The number of carbonyl (C=O) groups excluding carboxylic acids is 1. The second-order valence-electron chi connectivity index (χ2n) is 3.84. The Hall–Kier alpha value is -0.650. The van der Waals surface area contributed by atoms with Crippen molar-refractivity contribution in [1.29, 1.82) is 0 Å². The van der Waals surface area contributed by atoms with Gasteiger partial charge in [0.2, 0.25) is 5.91 Å². The van der Waals surface area contributed by atoms with Gasteiger partial charge in [-0.1, -0.05) is 0 Å². The fraction of sp³-hybridized carbons (Fsp3) is 0.600. The summed E-state index contributed by atoms with van der Waals surface area (Å²) in [5.41, 5.74) is 0.790. The van der Waals surface area contributed by atoms with E-state index < -0.39 is 0 Å². The highest BCUT2D eigenvalue weighted by Crippen LogP contribution is 2.22. The lowest BCUT2D eigenvalue weighted by molar-refractivity contribution is -0.119. The first-order valence-corrected chi connectivity index (χ1v) is 6.53. The molecule has 2 atom stereocenters. The van der Waals surface area contributed by atoms with Crippen molar-refractivity contribution in [1.82, 2.24) is 4.98 Å². The highest BCUT2D eigenvalue weighted by atomic mass is 35.5. The van der Waals surface area contributed by atoms with Crippen molar-refractivity contribution in [2.75, 3.05) is 11.9 Å². The number of hydrogen-bond acceptors (Lipinski definition) is 4. The number of anilines is 1. The Balaban J connectivity index is 1.91. The number of hydrogen-bond donors (Lipinski definition) is 1. The lowest BCUT2D eigenvalue weighted by Gasteiger charge is -2.06. The van der Waals surface area contributed by atoms with E-state index in [4.69, 9.17) is 16.3 Å². The summed E-state index contributed by atoms with van der Waals surface area (Å²) < 4.78 is 5.35. The van der Waals surface area contributed by atoms with Crippen LogP contribution in [0.25, 0.3) is 0 Å². The summed E-state index contributed by atoms with van der Waals surface area (Å²) in [4.78, 5) is 16.0. The average molecular weight is 261 g/mol. The van der Waals surface area contributed by atoms with Gasteiger partial charge in [-0.05, 0) is 13.3 Å². The van der Waals surface area contributed by atoms with Gasteiger partial charge < -0.3 is 10.1 Å². The van der Waals surface area contributed by atoms with E-state index in [0.29, 0.717) is 17.6 Å². The quantitative estimate of drug-likeness (QED) is 0.848. The molecule has 0 saturated carbocycles. The normalized spacial score (nSPS) is 24.6. The number of alkyl halides is 1. The molecule has 0 spiro atoms. The number of amides is 1. The molecule has 4 nitrogen and oxygen atoms in total. The monoisotopic (exact) mass is 260 g/mol. The van der Waals surface area contributed by atoms with E-state index >= 15 is 0 Å². The Kier molecular flexibility index (Phi) is 3.78. The van der Waals surface area contributed by atoms with Crippen LogP contribution in [-0.4, -0.2) is 23.6 Å². The average Bonchev–Trinajstić information content (AvgIpc) is 2.87. The largest absolute Gasteiger partial charge is 0.378 e. The number of thiazole rings is 1. The third kappa shape index (κ3) is 2.72. The molecule has 6 heteroatoms. The fourth-order valence-electron chi connectivity index (χ4n) is 1.63. The van der Waals surface area contributed by atoms with Crippen LogP contribution in [0, 0.1) is 5.92 Å². The molecule has 1 fully saturated rings. The van der Waals surface area contributed by atoms with Crippen LogP contribution in [0.4, 0.5) is 5.13 Å². The van der Waals surface area contributed by atoms with E-state index in [-0.39, 0.29) is 17.9 Å². The van der Waals surface area contributed by atoms with Crippen LogP contribution < -0.4 is 5.32 Å². The van der Waals surface area contributed by atoms with Crippen LogP contribution in [0.1, 0.15) is 19.0 Å². The number of nitrogens with one attached hydrogen (secondary N) is 1. The molecule has 2 unspecified atom stereocenters. The van der Waals surface area contributed by atoms with Gasteiger partial charge in [0.1, 0.15) is 0 Å². The van der Waals surface area contributed by atoms with Gasteiger partial charge in [-0.15, -0.1) is 22.9 Å². The van der Waals surface area contributed by atoms with E-state index in [1.807, 2.05) is 12.3 Å². The van der Waals surface area contributed by atoms with E-state index in [1.165, 1.54) is 11.3 Å². The number of rotatable bonds is 3. The standard InChI is InChI=1S/C10H13ClN2O2S/c1-6-2-7(4-15-6)9(14)13-10-12-8(3-11)5-16-10/h5-7H,2-4H2,1H3,(H,12,13,14). The minimum atomic E-state index is -0.0571. The van der Waals surface area contributed by atoms with Crippen LogP contribution in [0.3, 0.4) is 0 Å². The molecule has 1 aromatic rings. The molecule has 0 aromatic carbocycles. The number of carbonyl (C=O) groups is 1. The minimum absolute atomic E-state index is 0.0141. The van der Waals surface area contributed by atoms with Crippen molar-refractivity contribution in [2.24, 2.45) is 5.92 Å². The zero-order valence-electron chi connectivity index (χ0n) is 8.90. The molecule has 1 saturated heterocycles. The SMILES string of the molecule is CC1CC(C(=O)Nc2nc(CCl)cs2)CO1. The lowest BCUT2D eigenvalue weighted by atomic mass is 10.1. The minimum Gasteiger partial charge on any atom is -0.378 e. The molecular formula is C10H13ClN2O2S. The summed E-state index contributed by atoms with van der Waals surface area (Å²) in [5.74, 6) is 0.300. The van der Waals surface area contributed by atoms with Gasteiger partial charge in [0, 0.05) is 5.38 Å². The Morgan fingerprint density at radius 2 is 2.62 bits per heavy atom. The molecule has 88 valence electrons. The Labute approximate surface area is 103 Å². The second kappa shape index (κ2) is 5.12. The molecule has 1 aliphatic heterocycles. The van der Waals surface area contributed by atoms with Crippen molar-refractivity contribution in [2.45, 2.75) is 25.3 Å². The van der Waals surface area contributed by atoms with Gasteiger partial charge in [0.25, 0.3) is 0 Å². The third-order valence-electron chi connectivity index (χ3n) is 2.49. The predicted octanol–water partition coefficient (Wildman–Crippen LogP) is 2.25. The number of ether oxygens (including phenoxy) is 1. The van der Waals surface area contributed by atoms with E-state index in [0.717, 1.165) is 12.1 Å². The summed E-state index contributed by atoms with van der Waals surface area (Å²) in [6, 6.07) is 0. The van der Waals surface area contributed by atoms with Gasteiger partial charge in [-0.2, -0.15) is 0 Å². The van der Waals surface area contributed by atoms with E-state index in [9.17, 15) is 4.79 Å². The highest BCUT2D eigenvalue weighted by Gasteiger charge is 2.28. The van der Waals surface area contributed by atoms with Crippen molar-refractivity contribution < 1.29 is 9.53 Å². The first-order chi connectivity index (χ1) is 7.69. The second-order valence-corrected chi connectivity index (χ2v) is 4.97. The third-order valence-corrected chi connectivity index (χ3v) is 3.57. The predicted molar refractivity (Wildman–Crippen MR) is 63.8 cm³/mol. The molecule has 1 N–H and O–H groups in total. The molecule has 1 aromatic heterocycles. The molecule has 2 heterocycles. The molecule has 2 rings (SSSR count). The summed E-state index contributed by atoms with van der Waals surface area (Å²) in [6.45, 7) is 2.48. The van der Waals surface area contributed by atoms with Crippen molar-refractivity contribution in [3.63, 3.8) is 0 Å². The number of nitrogens with zero attached hydrogens (tertiary/aromatic N) is 1. The van der Waals surface area contributed by atoms with Crippen LogP contribution in [0.2, 0.25) is 0 Å². The Bertz CT molecular complexity index is 383. The topological polar surface area (TPSA) is 51.2 Å². The highest BCUT2D eigenvalue weighted by molar-refractivity contribution is 7.13. The summed E-state index contributed by atoms with van der Waals surface area (Å²) in [7, 11) is 0. The van der Waals surface area contributed by atoms with E-state index in [2.05, 4.69) is 10.3 Å². The number of halogens is 1. The van der Waals surface area contributed by atoms with Gasteiger partial charge in [-0.25, -0.2) is 4.98 Å². The Morgan fingerprint density at radius 1 is 1.81 bits per heavy atom. The summed E-state index contributed by atoms with van der Waals surface area (Å²) in [6.07, 6.45) is 0.949. The molecule has 1 aliphatic rings. The van der Waals surface area contributed by atoms with Gasteiger partial charge in [0.05, 0.1) is 30.2 Å². The fourth-order valence-corrected chi connectivity index (χ4v) is 2.57. The maximum atomic E-state index is 11.8. The summed E-state index contributed by atoms with van der Waals surface area (Å²) >= 11 is 7.03. The van der Waals surface area contributed by atoms with Crippen molar-refractivity contribution in [3.05, 3.63) is 11.1 Å². The van der Waals surface area contributed by atoms with Crippen LogP contribution in [0.5, 0.6) is 0 Å². The zero-order chi connectivity index (χ0) is 11.5. The Morgan fingerprint density at radius 3 is 3.19 bits per heavy atom. The zero-order valence-corrected chi connectivity index (χ0v) is 10.5. The summed E-state index contributed by atoms with van der Waals surface area (Å²) in [5, 5.41) is 5.24. The molecule has 16 heavy (non-hydrogen) atoms. The molecule has 0 bridgehead atoms. The van der Waals surface area contributed by atoms with Gasteiger partial charge >= 0.3 is 0 Å². The van der Waals surface area contributed by atoms with Crippen LogP contribution >= 0.6 is 22.9 Å².